The van der Waals surface area contributed by atoms with Crippen molar-refractivity contribution in [2.75, 3.05) is 11.5 Å². The zero-order chi connectivity index (χ0) is 23.4. The van der Waals surface area contributed by atoms with Crippen LogP contribution in [0, 0.1) is 11.8 Å². The van der Waals surface area contributed by atoms with Crippen LogP contribution in [0.2, 0.25) is 5.02 Å². The number of benzene rings is 2. The number of rotatable bonds is 4. The molecule has 1 N–H and O–H groups in total. The van der Waals surface area contributed by atoms with E-state index in [9.17, 15) is 24.3 Å². The number of carbonyl (C=O) groups is 4. The maximum absolute atomic E-state index is 13.5. The number of aliphatic imine (C=N–C) groups is 1. The molecule has 2 aromatic carbocycles. The number of fused-ring (bicyclic) bond motifs is 2. The van der Waals surface area contributed by atoms with Gasteiger partial charge in [0.15, 0.2) is 11.8 Å². The maximum Gasteiger partial charge on any atom is 0.331 e. The van der Waals surface area contributed by atoms with Crippen molar-refractivity contribution in [3.63, 3.8) is 0 Å². The lowest BCUT2D eigenvalue weighted by Crippen LogP contribution is -2.36. The van der Waals surface area contributed by atoms with E-state index < -0.39 is 41.4 Å². The first-order chi connectivity index (χ1) is 15.8. The number of hydrogen-bond acceptors (Lipinski definition) is 7. The number of imide groups is 1. The third-order valence-electron chi connectivity index (χ3n) is 6.02. The summed E-state index contributed by atoms with van der Waals surface area (Å²) in [5.41, 5.74) is 0.603. The zero-order valence-corrected chi connectivity index (χ0v) is 18.1. The van der Waals surface area contributed by atoms with Crippen molar-refractivity contribution in [3.8, 4) is 0 Å². The first-order valence-corrected chi connectivity index (χ1v) is 10.7. The highest BCUT2D eigenvalue weighted by Gasteiger charge is 2.61. The van der Waals surface area contributed by atoms with E-state index in [1.165, 1.54) is 24.3 Å². The van der Waals surface area contributed by atoms with Crippen molar-refractivity contribution in [3.05, 3.63) is 70.3 Å². The van der Waals surface area contributed by atoms with Crippen LogP contribution in [0.15, 0.2) is 59.1 Å². The third-order valence-corrected chi connectivity index (χ3v) is 6.28. The lowest BCUT2D eigenvalue weighted by atomic mass is 9.85. The Kier molecular flexibility index (Phi) is 4.90. The number of esters is 1. The first kappa shape index (κ1) is 21.1. The highest BCUT2D eigenvalue weighted by molar-refractivity contribution is 6.43. The molecule has 0 spiro atoms. The van der Waals surface area contributed by atoms with Gasteiger partial charge in [0.2, 0.25) is 11.8 Å². The standard InChI is InChI=1S/C24H17ClN2O6/c1-2-33-24(32)19-16-15(22(30)27(23(16)31)12-9-7-11(25)8-10-12)18(26-19)17-20(28)13-5-3-4-6-14(13)21(17)29/h3-10,15-16,19,28H,2H2,1H3. The van der Waals surface area contributed by atoms with E-state index in [1.54, 1.807) is 31.2 Å². The topological polar surface area (TPSA) is 113 Å². The lowest BCUT2D eigenvalue weighted by molar-refractivity contribution is -0.147. The number of ether oxygens (including phenoxy) is 1. The van der Waals surface area contributed by atoms with E-state index in [-0.39, 0.29) is 34.9 Å². The Hall–Kier alpha value is -3.78. The number of aliphatic hydroxyl groups excluding tert-OH is 1. The fourth-order valence-corrected chi connectivity index (χ4v) is 4.73. The van der Waals surface area contributed by atoms with Gasteiger partial charge in [0.1, 0.15) is 5.76 Å². The van der Waals surface area contributed by atoms with Crippen LogP contribution in [0.5, 0.6) is 0 Å². The van der Waals surface area contributed by atoms with Crippen LogP contribution in [0.25, 0.3) is 5.76 Å². The molecule has 3 unspecified atom stereocenters. The number of carbonyl (C=O) groups excluding carboxylic acids is 4. The second-order valence-corrected chi connectivity index (χ2v) is 8.24. The minimum atomic E-state index is -1.31. The van der Waals surface area contributed by atoms with Gasteiger partial charge in [-0.3, -0.25) is 19.4 Å². The van der Waals surface area contributed by atoms with E-state index in [4.69, 9.17) is 16.3 Å². The Bertz CT molecular complexity index is 1300. The SMILES string of the molecule is CCOC(=O)C1N=C(C2=C(O)c3ccccc3C2=O)C2C(=O)N(c3ccc(Cl)cc3)C(=O)C12. The van der Waals surface area contributed by atoms with Crippen molar-refractivity contribution in [2.24, 2.45) is 16.8 Å². The Morgan fingerprint density at radius 1 is 1.06 bits per heavy atom. The smallest absolute Gasteiger partial charge is 0.331 e. The molecular weight excluding hydrogens is 448 g/mol. The van der Waals surface area contributed by atoms with Gasteiger partial charge >= 0.3 is 5.97 Å². The average molecular weight is 465 g/mol. The number of hydrogen-bond donors (Lipinski definition) is 1. The molecule has 166 valence electrons. The molecule has 2 aliphatic heterocycles. The molecule has 2 amide bonds. The molecule has 8 nitrogen and oxygen atoms in total. The molecule has 0 saturated carbocycles. The van der Waals surface area contributed by atoms with E-state index >= 15 is 0 Å². The highest BCUT2D eigenvalue weighted by atomic mass is 35.5. The second-order valence-electron chi connectivity index (χ2n) is 7.80. The van der Waals surface area contributed by atoms with Crippen LogP contribution in [0.4, 0.5) is 5.69 Å². The van der Waals surface area contributed by atoms with Crippen LogP contribution < -0.4 is 4.90 Å². The second kappa shape index (κ2) is 7.67. The predicted octanol–water partition coefficient (Wildman–Crippen LogP) is 3.00. The van der Waals surface area contributed by atoms with Crippen LogP contribution in [-0.4, -0.2) is 47.0 Å². The predicted molar refractivity (Wildman–Crippen MR) is 119 cm³/mol. The number of amides is 2. The fourth-order valence-electron chi connectivity index (χ4n) is 4.60. The maximum atomic E-state index is 13.5. The van der Waals surface area contributed by atoms with Crippen LogP contribution >= 0.6 is 11.6 Å². The van der Waals surface area contributed by atoms with Gasteiger partial charge < -0.3 is 9.84 Å². The van der Waals surface area contributed by atoms with Crippen molar-refractivity contribution in [1.82, 2.24) is 0 Å². The molecule has 33 heavy (non-hydrogen) atoms. The van der Waals surface area contributed by atoms with E-state index in [2.05, 4.69) is 4.99 Å². The minimum absolute atomic E-state index is 0.0545. The summed E-state index contributed by atoms with van der Waals surface area (Å²) >= 11 is 5.93. The largest absolute Gasteiger partial charge is 0.506 e. The van der Waals surface area contributed by atoms with Gasteiger partial charge in [-0.15, -0.1) is 0 Å². The first-order valence-electron chi connectivity index (χ1n) is 10.3. The summed E-state index contributed by atoms with van der Waals surface area (Å²) in [6, 6.07) is 11.2. The van der Waals surface area contributed by atoms with Crippen LogP contribution in [0.1, 0.15) is 22.8 Å². The van der Waals surface area contributed by atoms with Crippen LogP contribution in [-0.2, 0) is 19.1 Å². The Morgan fingerprint density at radius 2 is 1.73 bits per heavy atom. The molecule has 3 aliphatic rings. The number of nitrogens with zero attached hydrogens (tertiary/aromatic N) is 2. The Labute approximate surface area is 193 Å². The lowest BCUT2D eigenvalue weighted by Gasteiger charge is -2.17. The number of Topliss-reactive ketones (excluding diaryl/α,β-unsaturated/α-hetero) is 1. The van der Waals surface area contributed by atoms with Gasteiger partial charge in [0, 0.05) is 16.1 Å². The third kappa shape index (κ3) is 3.01. The average Bonchev–Trinajstić information content (AvgIpc) is 3.39. The highest BCUT2D eigenvalue weighted by Crippen LogP contribution is 2.44. The van der Waals surface area contributed by atoms with E-state index in [1.807, 2.05) is 0 Å². The van der Waals surface area contributed by atoms with Crippen molar-refractivity contribution in [2.45, 2.75) is 13.0 Å². The molecule has 0 aromatic heterocycles. The quantitative estimate of drug-likeness (QED) is 0.549. The van der Waals surface area contributed by atoms with Crippen molar-refractivity contribution >= 4 is 52.3 Å². The summed E-state index contributed by atoms with van der Waals surface area (Å²) in [7, 11) is 0. The molecule has 3 atom stereocenters. The molecule has 2 heterocycles. The molecule has 0 radical (unpaired) electrons. The van der Waals surface area contributed by atoms with Gasteiger partial charge in [0.25, 0.3) is 0 Å². The number of anilines is 1. The number of ketones is 1. The summed E-state index contributed by atoms with van der Waals surface area (Å²) < 4.78 is 5.09. The molecule has 1 fully saturated rings. The number of allylic oxidation sites excluding steroid dienone is 1. The van der Waals surface area contributed by atoms with E-state index in [0.717, 1.165) is 4.90 Å². The van der Waals surface area contributed by atoms with Crippen molar-refractivity contribution < 1.29 is 29.0 Å². The van der Waals surface area contributed by atoms with Gasteiger partial charge in [-0.25, -0.2) is 9.69 Å². The van der Waals surface area contributed by atoms with E-state index in [0.29, 0.717) is 10.6 Å². The van der Waals surface area contributed by atoms with Gasteiger partial charge in [-0.05, 0) is 31.2 Å². The minimum Gasteiger partial charge on any atom is -0.506 e. The number of aliphatic hydroxyl groups is 1. The van der Waals surface area contributed by atoms with Crippen LogP contribution in [0.3, 0.4) is 0 Å². The Morgan fingerprint density at radius 3 is 2.36 bits per heavy atom. The van der Waals surface area contributed by atoms with Crippen molar-refractivity contribution in [1.29, 1.82) is 0 Å². The summed E-state index contributed by atoms with van der Waals surface area (Å²) in [5.74, 6) is -5.28. The molecule has 0 bridgehead atoms. The van der Waals surface area contributed by atoms with Gasteiger partial charge in [0.05, 0.1) is 35.4 Å². The fraction of sp³-hybridized carbons (Fsp3) is 0.208. The molecule has 5 rings (SSSR count). The number of halogens is 1. The summed E-state index contributed by atoms with van der Waals surface area (Å²) in [6.45, 7) is 1.67. The molecular formula is C24H17ClN2O6. The Balaban J connectivity index is 1.63. The van der Waals surface area contributed by atoms with Gasteiger partial charge in [-0.2, -0.15) is 0 Å². The summed E-state index contributed by atoms with van der Waals surface area (Å²) in [4.78, 5) is 57.9. The monoisotopic (exact) mass is 464 g/mol. The molecule has 1 aliphatic carbocycles. The summed E-state index contributed by atoms with van der Waals surface area (Å²) in [5, 5.41) is 11.2. The molecule has 9 heteroatoms. The van der Waals surface area contributed by atoms with Gasteiger partial charge in [-0.1, -0.05) is 35.9 Å². The normalized spacial score (nSPS) is 23.7. The summed E-state index contributed by atoms with van der Waals surface area (Å²) in [6.07, 6.45) is 0. The zero-order valence-electron chi connectivity index (χ0n) is 17.3. The molecule has 1 saturated heterocycles. The molecule has 2 aromatic rings.